The molecular formula is C13H17N5O2. The van der Waals surface area contributed by atoms with E-state index in [1.165, 1.54) is 0 Å². The highest BCUT2D eigenvalue weighted by molar-refractivity contribution is 5.99. The van der Waals surface area contributed by atoms with Gasteiger partial charge in [0, 0.05) is 23.0 Å². The third kappa shape index (κ3) is 2.87. The molecule has 0 aliphatic carbocycles. The Balaban J connectivity index is 2.27. The average Bonchev–Trinajstić information content (AvgIpc) is 2.69. The van der Waals surface area contributed by atoms with Crippen LogP contribution in [0.1, 0.15) is 13.8 Å². The van der Waals surface area contributed by atoms with Gasteiger partial charge in [0.25, 0.3) is 0 Å². The molecule has 20 heavy (non-hydrogen) atoms. The summed E-state index contributed by atoms with van der Waals surface area (Å²) in [5.74, 6) is 0.395. The number of fused-ring (bicyclic) bond motifs is 1. The fourth-order valence-electron chi connectivity index (χ4n) is 1.77. The summed E-state index contributed by atoms with van der Waals surface area (Å²) in [6, 6.07) is 5.02. The largest absolute Gasteiger partial charge is 0.494 e. The first-order valence-corrected chi connectivity index (χ1v) is 6.24. The molecule has 0 amide bonds. The van der Waals surface area contributed by atoms with Gasteiger partial charge in [-0.2, -0.15) is 0 Å². The first-order chi connectivity index (χ1) is 9.51. The quantitative estimate of drug-likeness (QED) is 0.336. The third-order valence-corrected chi connectivity index (χ3v) is 2.73. The zero-order valence-electron chi connectivity index (χ0n) is 11.3. The number of benzene rings is 1. The van der Waals surface area contributed by atoms with Gasteiger partial charge in [0.1, 0.15) is 0 Å². The topological polar surface area (TPSA) is 117 Å². The maximum Gasteiger partial charge on any atom is 0.241 e. The highest BCUT2D eigenvalue weighted by Gasteiger charge is 2.09. The maximum atomic E-state index is 9.65. The van der Waals surface area contributed by atoms with Gasteiger partial charge < -0.3 is 15.5 Å². The number of anilines is 1. The van der Waals surface area contributed by atoms with Crippen LogP contribution in [0.5, 0.6) is 11.8 Å². The second-order valence-electron chi connectivity index (χ2n) is 4.88. The van der Waals surface area contributed by atoms with Crippen LogP contribution in [-0.2, 0) is 0 Å². The molecule has 5 N–H and O–H groups in total. The first kappa shape index (κ1) is 13.9. The molecule has 106 valence electrons. The smallest absolute Gasteiger partial charge is 0.241 e. The molecule has 0 spiro atoms. The molecule has 7 heteroatoms. The summed E-state index contributed by atoms with van der Waals surface area (Å²) < 4.78 is 0. The minimum atomic E-state index is -0.107. The van der Waals surface area contributed by atoms with Crippen molar-refractivity contribution >= 4 is 22.4 Å². The number of aromatic hydroxyl groups is 2. The van der Waals surface area contributed by atoms with Crippen molar-refractivity contribution in [2.24, 2.45) is 16.0 Å². The van der Waals surface area contributed by atoms with Crippen molar-refractivity contribution in [2.45, 2.75) is 13.8 Å². The van der Waals surface area contributed by atoms with Crippen LogP contribution in [0, 0.1) is 11.4 Å². The van der Waals surface area contributed by atoms with Crippen LogP contribution >= 0.6 is 0 Å². The van der Waals surface area contributed by atoms with Gasteiger partial charge in [-0.15, -0.1) is 5.11 Å². The minimum Gasteiger partial charge on any atom is -0.494 e. The number of aromatic amines is 1. The van der Waals surface area contributed by atoms with Gasteiger partial charge in [-0.25, -0.2) is 10.5 Å². The molecule has 0 bridgehead atoms. The van der Waals surface area contributed by atoms with Crippen molar-refractivity contribution in [3.63, 3.8) is 0 Å². The fraction of sp³-hybridized carbons (Fsp3) is 0.308. The SMILES string of the molecule is CC(C)CN=C(N=N)Nc1ccc2c(O)[nH]c(O)c2c1. The number of nitrogens with zero attached hydrogens (tertiary/aromatic N) is 2. The lowest BCUT2D eigenvalue weighted by atomic mass is 10.2. The van der Waals surface area contributed by atoms with Crippen molar-refractivity contribution in [2.75, 3.05) is 11.9 Å². The molecule has 2 rings (SSSR count). The molecule has 1 heterocycles. The first-order valence-electron chi connectivity index (χ1n) is 6.24. The van der Waals surface area contributed by atoms with E-state index in [9.17, 15) is 10.2 Å². The minimum absolute atomic E-state index is 0.0806. The Kier molecular flexibility index (Phi) is 3.88. The van der Waals surface area contributed by atoms with Crippen LogP contribution in [0.3, 0.4) is 0 Å². The van der Waals surface area contributed by atoms with Gasteiger partial charge >= 0.3 is 0 Å². The summed E-state index contributed by atoms with van der Waals surface area (Å²) in [7, 11) is 0. The lowest BCUT2D eigenvalue weighted by Gasteiger charge is -2.06. The summed E-state index contributed by atoms with van der Waals surface area (Å²) in [5, 5.41) is 26.4. The number of guanidine groups is 1. The molecule has 2 aromatic rings. The Bertz CT molecular complexity index is 660. The van der Waals surface area contributed by atoms with Crippen LogP contribution in [-0.4, -0.2) is 27.7 Å². The molecule has 0 saturated heterocycles. The second-order valence-corrected chi connectivity index (χ2v) is 4.88. The number of aliphatic imine (C=N–C) groups is 1. The van der Waals surface area contributed by atoms with E-state index >= 15 is 0 Å². The summed E-state index contributed by atoms with van der Waals surface area (Å²) in [6.45, 7) is 4.62. The van der Waals surface area contributed by atoms with Crippen LogP contribution in [0.25, 0.3) is 10.8 Å². The van der Waals surface area contributed by atoms with Crippen LogP contribution in [0.4, 0.5) is 5.69 Å². The van der Waals surface area contributed by atoms with Gasteiger partial charge in [-0.3, -0.25) is 4.98 Å². The second kappa shape index (κ2) is 5.60. The van der Waals surface area contributed by atoms with E-state index in [1.54, 1.807) is 18.2 Å². The molecule has 7 nitrogen and oxygen atoms in total. The van der Waals surface area contributed by atoms with Gasteiger partial charge in [-0.1, -0.05) is 13.8 Å². The highest BCUT2D eigenvalue weighted by atomic mass is 16.3. The van der Waals surface area contributed by atoms with Crippen molar-refractivity contribution in [1.29, 1.82) is 5.53 Å². The number of rotatable bonds is 3. The number of H-pyrrole nitrogens is 1. The third-order valence-electron chi connectivity index (χ3n) is 2.73. The lowest BCUT2D eigenvalue weighted by Crippen LogP contribution is -2.10. The fourth-order valence-corrected chi connectivity index (χ4v) is 1.77. The van der Waals surface area contributed by atoms with E-state index in [1.807, 2.05) is 13.8 Å². The highest BCUT2D eigenvalue weighted by Crippen LogP contribution is 2.33. The van der Waals surface area contributed by atoms with Crippen molar-refractivity contribution in [1.82, 2.24) is 4.98 Å². The summed E-state index contributed by atoms with van der Waals surface area (Å²) in [4.78, 5) is 6.62. The van der Waals surface area contributed by atoms with Gasteiger partial charge in [-0.05, 0) is 24.1 Å². The van der Waals surface area contributed by atoms with Gasteiger partial charge in [0.15, 0.2) is 11.8 Å². The number of hydrogen-bond acceptors (Lipinski definition) is 4. The van der Waals surface area contributed by atoms with E-state index in [0.29, 0.717) is 28.9 Å². The molecule has 1 aromatic heterocycles. The van der Waals surface area contributed by atoms with Crippen molar-refractivity contribution in [3.05, 3.63) is 18.2 Å². The average molecular weight is 275 g/mol. The molecule has 0 aliphatic heterocycles. The monoisotopic (exact) mass is 275 g/mol. The van der Waals surface area contributed by atoms with Crippen molar-refractivity contribution in [3.8, 4) is 11.8 Å². The van der Waals surface area contributed by atoms with Gasteiger partial charge in [0.05, 0.1) is 0 Å². The van der Waals surface area contributed by atoms with Crippen LogP contribution in [0.15, 0.2) is 28.3 Å². The van der Waals surface area contributed by atoms with Crippen LogP contribution < -0.4 is 5.32 Å². The Labute approximate surface area is 115 Å². The van der Waals surface area contributed by atoms with E-state index in [-0.39, 0.29) is 17.7 Å². The predicted octanol–water partition coefficient (Wildman–Crippen LogP) is 3.03. The zero-order chi connectivity index (χ0) is 14.7. The van der Waals surface area contributed by atoms with Crippen molar-refractivity contribution < 1.29 is 10.2 Å². The molecule has 0 aliphatic rings. The summed E-state index contributed by atoms with van der Waals surface area (Å²) in [5.41, 5.74) is 7.73. The van der Waals surface area contributed by atoms with E-state index in [0.717, 1.165) is 0 Å². The maximum absolute atomic E-state index is 9.65. The molecular weight excluding hydrogens is 258 g/mol. The molecule has 0 radical (unpaired) electrons. The Morgan fingerprint density at radius 2 is 2.00 bits per heavy atom. The van der Waals surface area contributed by atoms with E-state index < -0.39 is 0 Å². The van der Waals surface area contributed by atoms with Gasteiger partial charge in [0.2, 0.25) is 5.96 Å². The zero-order valence-corrected chi connectivity index (χ0v) is 11.3. The molecule has 0 unspecified atom stereocenters. The molecule has 0 atom stereocenters. The summed E-state index contributed by atoms with van der Waals surface area (Å²) in [6.07, 6.45) is 0. The summed E-state index contributed by atoms with van der Waals surface area (Å²) >= 11 is 0. The lowest BCUT2D eigenvalue weighted by molar-refractivity contribution is 0.429. The van der Waals surface area contributed by atoms with E-state index in [2.05, 4.69) is 20.4 Å². The van der Waals surface area contributed by atoms with Crippen LogP contribution in [0.2, 0.25) is 0 Å². The molecule has 0 fully saturated rings. The normalized spacial score (nSPS) is 12.1. The Morgan fingerprint density at radius 3 is 2.65 bits per heavy atom. The molecule has 0 saturated carbocycles. The Morgan fingerprint density at radius 1 is 1.30 bits per heavy atom. The van der Waals surface area contributed by atoms with E-state index in [4.69, 9.17) is 5.53 Å². The number of hydrogen-bond donors (Lipinski definition) is 5. The number of aromatic nitrogens is 1. The predicted molar refractivity (Wildman–Crippen MR) is 77.5 cm³/mol. The standard InChI is InChI=1S/C13H17N5O2/c1-7(2)6-15-13(18-14)16-8-3-4-9-10(5-8)12(20)17-11(9)19/h3-5,7,14,17,19-20H,6H2,1-2H3,(H,15,16). The molecule has 1 aromatic carbocycles. The number of nitrogens with one attached hydrogen (secondary N) is 3. The Hall–Kier alpha value is -2.57.